The maximum absolute atomic E-state index is 8.89. The van der Waals surface area contributed by atoms with Gasteiger partial charge in [-0.2, -0.15) is 0 Å². The van der Waals surface area contributed by atoms with Gasteiger partial charge in [0.25, 0.3) is 0 Å². The number of hydrogen-bond donors (Lipinski definition) is 3. The van der Waals surface area contributed by atoms with E-state index in [4.69, 9.17) is 10.0 Å². The molecule has 1 aromatic carbocycles. The smallest absolute Gasteiger partial charge is 0.423 e. The summed E-state index contributed by atoms with van der Waals surface area (Å²) in [4.78, 5) is 0. The lowest BCUT2D eigenvalue weighted by Gasteiger charge is -2.02. The van der Waals surface area contributed by atoms with E-state index < -0.39 is 7.12 Å². The largest absolute Gasteiger partial charge is 0.488 e. The molecule has 0 aliphatic carbocycles. The Labute approximate surface area is 83.3 Å². The number of fused-ring (bicyclic) bond motifs is 1. The van der Waals surface area contributed by atoms with E-state index in [9.17, 15) is 0 Å². The summed E-state index contributed by atoms with van der Waals surface area (Å²) in [6.07, 6.45) is 0.968. The Morgan fingerprint density at radius 3 is 2.77 bits per heavy atom. The summed E-state index contributed by atoms with van der Waals surface area (Å²) in [5.74, 6) is 0. The molecule has 0 spiro atoms. The number of anilines is 1. The predicted molar refractivity (Wildman–Crippen MR) is 55.7 cm³/mol. The number of benzene rings is 1. The van der Waals surface area contributed by atoms with Crippen LogP contribution in [0, 0.1) is 0 Å². The van der Waals surface area contributed by atoms with E-state index in [0.29, 0.717) is 5.46 Å². The molecule has 3 N–H and O–H groups in total. The van der Waals surface area contributed by atoms with Gasteiger partial charge in [0.15, 0.2) is 0 Å². The highest BCUT2D eigenvalue weighted by Gasteiger charge is 2.15. The second kappa shape index (κ2) is 4.00. The van der Waals surface area contributed by atoms with Crippen LogP contribution in [0.3, 0.4) is 0 Å². The molecule has 1 aromatic rings. The first kappa shape index (κ1) is 10.4. The fourth-order valence-electron chi connectivity index (χ4n) is 1.49. The molecule has 13 heavy (non-hydrogen) atoms. The van der Waals surface area contributed by atoms with E-state index in [2.05, 4.69) is 5.32 Å². The van der Waals surface area contributed by atoms with E-state index in [1.807, 2.05) is 12.1 Å². The molecular weight excluding hydrogens is 188 g/mol. The third kappa shape index (κ3) is 1.96. The molecular formula is C8H11BClNO2. The number of nitrogens with one attached hydrogen (secondary N) is 1. The van der Waals surface area contributed by atoms with Gasteiger partial charge in [0.1, 0.15) is 0 Å². The first-order valence-corrected chi connectivity index (χ1v) is 4.00. The zero-order valence-corrected chi connectivity index (χ0v) is 7.84. The molecule has 0 radical (unpaired) electrons. The fraction of sp³-hybridized carbons (Fsp3) is 0.250. The van der Waals surface area contributed by atoms with Crippen LogP contribution in [0.15, 0.2) is 18.2 Å². The highest BCUT2D eigenvalue weighted by Crippen LogP contribution is 2.19. The van der Waals surface area contributed by atoms with Crippen molar-refractivity contribution >= 4 is 30.7 Å². The Balaban J connectivity index is 0.000000845. The molecule has 0 unspecified atom stereocenters. The van der Waals surface area contributed by atoms with Crippen LogP contribution in [-0.2, 0) is 6.42 Å². The Kier molecular flexibility index (Phi) is 3.19. The highest BCUT2D eigenvalue weighted by molar-refractivity contribution is 6.58. The molecule has 3 nitrogen and oxygen atoms in total. The molecule has 2 rings (SSSR count). The third-order valence-corrected chi connectivity index (χ3v) is 2.14. The first-order valence-electron chi connectivity index (χ1n) is 4.00. The molecule has 1 heterocycles. The quantitative estimate of drug-likeness (QED) is 0.547. The zero-order valence-electron chi connectivity index (χ0n) is 7.03. The van der Waals surface area contributed by atoms with Gasteiger partial charge in [0.05, 0.1) is 0 Å². The van der Waals surface area contributed by atoms with Gasteiger partial charge >= 0.3 is 7.12 Å². The minimum absolute atomic E-state index is 0. The van der Waals surface area contributed by atoms with Crippen LogP contribution in [0.5, 0.6) is 0 Å². The summed E-state index contributed by atoms with van der Waals surface area (Å²) in [7, 11) is -1.35. The summed E-state index contributed by atoms with van der Waals surface area (Å²) in [5, 5.41) is 21.0. The predicted octanol–water partition coefficient (Wildman–Crippen LogP) is -0.244. The van der Waals surface area contributed by atoms with E-state index in [0.717, 1.165) is 18.7 Å². The van der Waals surface area contributed by atoms with Crippen molar-refractivity contribution in [3.63, 3.8) is 0 Å². The van der Waals surface area contributed by atoms with Crippen molar-refractivity contribution in [2.45, 2.75) is 6.42 Å². The molecule has 0 saturated heterocycles. The summed E-state index contributed by atoms with van der Waals surface area (Å²) in [5.41, 5.74) is 2.84. The molecule has 0 saturated carbocycles. The number of hydrogen-bond acceptors (Lipinski definition) is 3. The summed E-state index contributed by atoms with van der Waals surface area (Å²) in [6, 6.07) is 5.44. The van der Waals surface area contributed by atoms with Crippen molar-refractivity contribution in [2.24, 2.45) is 0 Å². The molecule has 0 atom stereocenters. The minimum Gasteiger partial charge on any atom is -0.423 e. The van der Waals surface area contributed by atoms with Crippen LogP contribution in [0.4, 0.5) is 5.69 Å². The van der Waals surface area contributed by atoms with Gasteiger partial charge in [-0.05, 0) is 23.5 Å². The molecule has 1 aliphatic rings. The number of halogens is 1. The van der Waals surface area contributed by atoms with Crippen LogP contribution >= 0.6 is 12.4 Å². The van der Waals surface area contributed by atoms with Crippen LogP contribution < -0.4 is 10.8 Å². The third-order valence-electron chi connectivity index (χ3n) is 2.14. The Bertz CT molecular complexity index is 306. The normalized spacial score (nSPS) is 12.8. The summed E-state index contributed by atoms with van der Waals surface area (Å²) < 4.78 is 0. The van der Waals surface area contributed by atoms with Crippen molar-refractivity contribution in [2.75, 3.05) is 11.9 Å². The second-order valence-corrected chi connectivity index (χ2v) is 2.97. The van der Waals surface area contributed by atoms with E-state index in [-0.39, 0.29) is 12.4 Å². The molecule has 0 bridgehead atoms. The monoisotopic (exact) mass is 199 g/mol. The van der Waals surface area contributed by atoms with Crippen molar-refractivity contribution in [3.8, 4) is 0 Å². The first-order chi connectivity index (χ1) is 5.77. The Morgan fingerprint density at radius 2 is 2.08 bits per heavy atom. The van der Waals surface area contributed by atoms with Gasteiger partial charge < -0.3 is 15.4 Å². The molecule has 70 valence electrons. The maximum atomic E-state index is 8.89. The van der Waals surface area contributed by atoms with Crippen molar-refractivity contribution in [1.29, 1.82) is 0 Å². The standard InChI is InChI=1S/C8H10BNO2.ClH/c11-9(12)7-1-2-8-6(5-7)3-4-10-8;/h1-2,5,10-12H,3-4H2;1H. The SMILES string of the molecule is Cl.OB(O)c1ccc2c(c1)CCN2. The van der Waals surface area contributed by atoms with Crippen LogP contribution in [0.25, 0.3) is 0 Å². The van der Waals surface area contributed by atoms with Crippen molar-refractivity contribution in [1.82, 2.24) is 0 Å². The molecule has 5 heteroatoms. The summed E-state index contributed by atoms with van der Waals surface area (Å²) >= 11 is 0. The van der Waals surface area contributed by atoms with Gasteiger partial charge in [-0.15, -0.1) is 12.4 Å². The van der Waals surface area contributed by atoms with Crippen LogP contribution in [0.1, 0.15) is 5.56 Å². The lowest BCUT2D eigenvalue weighted by Crippen LogP contribution is -2.29. The summed E-state index contributed by atoms with van der Waals surface area (Å²) in [6.45, 7) is 0.945. The van der Waals surface area contributed by atoms with Crippen molar-refractivity contribution in [3.05, 3.63) is 23.8 Å². The highest BCUT2D eigenvalue weighted by atomic mass is 35.5. The van der Waals surface area contributed by atoms with Gasteiger partial charge in [0.2, 0.25) is 0 Å². The van der Waals surface area contributed by atoms with E-state index >= 15 is 0 Å². The van der Waals surface area contributed by atoms with Crippen molar-refractivity contribution < 1.29 is 10.0 Å². The van der Waals surface area contributed by atoms with Gasteiger partial charge in [-0.3, -0.25) is 0 Å². The lowest BCUT2D eigenvalue weighted by molar-refractivity contribution is 0.426. The van der Waals surface area contributed by atoms with Gasteiger partial charge in [0, 0.05) is 12.2 Å². The maximum Gasteiger partial charge on any atom is 0.488 e. The molecule has 1 aliphatic heterocycles. The van der Waals surface area contributed by atoms with Crippen LogP contribution in [0.2, 0.25) is 0 Å². The van der Waals surface area contributed by atoms with Gasteiger partial charge in [-0.1, -0.05) is 12.1 Å². The Hall–Kier alpha value is -0.705. The number of rotatable bonds is 1. The second-order valence-electron chi connectivity index (χ2n) is 2.97. The van der Waals surface area contributed by atoms with E-state index in [1.54, 1.807) is 6.07 Å². The minimum atomic E-state index is -1.35. The molecule has 0 amide bonds. The van der Waals surface area contributed by atoms with Gasteiger partial charge in [-0.25, -0.2) is 0 Å². The Morgan fingerprint density at radius 1 is 1.31 bits per heavy atom. The fourth-order valence-corrected chi connectivity index (χ4v) is 1.49. The lowest BCUT2D eigenvalue weighted by atomic mass is 9.79. The van der Waals surface area contributed by atoms with E-state index in [1.165, 1.54) is 5.56 Å². The molecule has 0 fully saturated rings. The average Bonchev–Trinajstić information content (AvgIpc) is 2.49. The molecule has 0 aromatic heterocycles. The topological polar surface area (TPSA) is 52.5 Å². The van der Waals surface area contributed by atoms with Crippen LogP contribution in [-0.4, -0.2) is 23.7 Å². The average molecular weight is 199 g/mol. The zero-order chi connectivity index (χ0) is 8.55.